The average molecular weight is 482 g/mol. The van der Waals surface area contributed by atoms with Gasteiger partial charge in [-0.25, -0.2) is 4.39 Å². The van der Waals surface area contributed by atoms with Crippen LogP contribution in [-0.4, -0.2) is 29.3 Å². The van der Waals surface area contributed by atoms with Crippen LogP contribution in [0.5, 0.6) is 11.5 Å². The van der Waals surface area contributed by atoms with E-state index in [9.17, 15) is 14.0 Å². The Kier molecular flexibility index (Phi) is 7.64. The molecule has 0 saturated carbocycles. The van der Waals surface area contributed by atoms with Gasteiger partial charge in [-0.15, -0.1) is 0 Å². The highest BCUT2D eigenvalue weighted by molar-refractivity contribution is 8.18. The van der Waals surface area contributed by atoms with E-state index < -0.39 is 17.0 Å². The molecule has 0 unspecified atom stereocenters. The van der Waals surface area contributed by atoms with E-state index in [2.05, 4.69) is 6.58 Å². The number of amides is 2. The van der Waals surface area contributed by atoms with Gasteiger partial charge in [-0.1, -0.05) is 41.9 Å². The quantitative estimate of drug-likeness (QED) is 0.325. The summed E-state index contributed by atoms with van der Waals surface area (Å²) < 4.78 is 24.4. The molecule has 1 saturated heterocycles. The first kappa shape index (κ1) is 23.2. The van der Waals surface area contributed by atoms with Crippen LogP contribution in [0.15, 0.2) is 47.9 Å². The van der Waals surface area contributed by atoms with Crippen LogP contribution in [0.25, 0.3) is 6.08 Å². The van der Waals surface area contributed by atoms with E-state index in [1.54, 1.807) is 24.3 Å². The average Bonchev–Trinajstić information content (AvgIpc) is 2.97. The first-order valence-electron chi connectivity index (χ1n) is 9.23. The maximum Gasteiger partial charge on any atom is 0.293 e. The van der Waals surface area contributed by atoms with Gasteiger partial charge in [0, 0.05) is 5.02 Å². The summed E-state index contributed by atoms with van der Waals surface area (Å²) in [4.78, 5) is 26.5. The molecular weight excluding hydrogens is 464 g/mol. The second kappa shape index (κ2) is 10.2. The van der Waals surface area contributed by atoms with Crippen molar-refractivity contribution in [2.24, 2.45) is 0 Å². The highest BCUT2D eigenvalue weighted by atomic mass is 35.5. The van der Waals surface area contributed by atoms with Gasteiger partial charge in [0.1, 0.15) is 12.4 Å². The number of rotatable bonds is 8. The molecule has 0 radical (unpaired) electrons. The summed E-state index contributed by atoms with van der Waals surface area (Å²) in [5, 5.41) is 0.00126. The van der Waals surface area contributed by atoms with Crippen molar-refractivity contribution in [3.8, 4) is 11.5 Å². The van der Waals surface area contributed by atoms with Crippen molar-refractivity contribution in [2.45, 2.75) is 13.5 Å². The number of imide groups is 1. The van der Waals surface area contributed by atoms with Gasteiger partial charge in [-0.05, 0) is 60.2 Å². The zero-order chi connectivity index (χ0) is 22.5. The molecule has 1 heterocycles. The molecule has 3 rings (SSSR count). The van der Waals surface area contributed by atoms with E-state index in [4.69, 9.17) is 32.7 Å². The highest BCUT2D eigenvalue weighted by Gasteiger charge is 2.35. The second-order valence-electron chi connectivity index (χ2n) is 6.37. The van der Waals surface area contributed by atoms with Crippen LogP contribution in [0, 0.1) is 5.82 Å². The van der Waals surface area contributed by atoms with Gasteiger partial charge < -0.3 is 9.47 Å². The Hall–Kier alpha value is -2.48. The molecule has 162 valence electrons. The van der Waals surface area contributed by atoms with Crippen LogP contribution in [0.4, 0.5) is 9.18 Å². The lowest BCUT2D eigenvalue weighted by atomic mass is 10.1. The Morgan fingerprint density at radius 1 is 1.16 bits per heavy atom. The van der Waals surface area contributed by atoms with Crippen molar-refractivity contribution in [1.82, 2.24) is 4.90 Å². The molecule has 0 atom stereocenters. The van der Waals surface area contributed by atoms with Crippen molar-refractivity contribution in [3.05, 3.63) is 74.9 Å². The molecule has 31 heavy (non-hydrogen) atoms. The number of halogens is 3. The van der Waals surface area contributed by atoms with Gasteiger partial charge in [0.2, 0.25) is 0 Å². The summed E-state index contributed by atoms with van der Waals surface area (Å²) in [5.74, 6) is -0.179. The Bertz CT molecular complexity index is 1070. The van der Waals surface area contributed by atoms with E-state index in [-0.39, 0.29) is 23.1 Å². The number of carbonyl (C=O) groups is 2. The summed E-state index contributed by atoms with van der Waals surface area (Å²) in [6, 6.07) is 7.11. The molecule has 0 bridgehead atoms. The monoisotopic (exact) mass is 481 g/mol. The van der Waals surface area contributed by atoms with Crippen LogP contribution in [0.1, 0.15) is 18.1 Å². The van der Waals surface area contributed by atoms with Crippen molar-refractivity contribution in [1.29, 1.82) is 0 Å². The van der Waals surface area contributed by atoms with Gasteiger partial charge in [0.05, 0.1) is 23.1 Å². The molecule has 2 amide bonds. The van der Waals surface area contributed by atoms with E-state index in [0.717, 1.165) is 22.7 Å². The predicted molar refractivity (Wildman–Crippen MR) is 121 cm³/mol. The molecule has 2 aromatic carbocycles. The maximum absolute atomic E-state index is 13.3. The molecule has 1 fully saturated rings. The number of ether oxygens (including phenoxy) is 2. The first-order chi connectivity index (χ1) is 14.8. The SMILES string of the molecule is C=CCOc1c(Cl)cc(/C=C2/SC(=O)N(Cc3ccc(F)cc3Cl)C2=O)cc1OCC. The standard InChI is InChI=1S/C22H18Cl2FNO4S/c1-3-7-30-20-17(24)8-13(9-18(20)29-4-2)10-19-21(27)26(22(28)31-19)12-14-5-6-15(25)11-16(14)23/h3,5-6,8-11H,1,4,7,12H2,2H3/b19-10+. The summed E-state index contributed by atoms with van der Waals surface area (Å²) in [5.41, 5.74) is 1.04. The van der Waals surface area contributed by atoms with Crippen molar-refractivity contribution >= 4 is 52.2 Å². The number of nitrogens with zero attached hydrogens (tertiary/aromatic N) is 1. The van der Waals surface area contributed by atoms with Gasteiger partial charge in [0.25, 0.3) is 11.1 Å². The lowest BCUT2D eigenvalue weighted by Gasteiger charge is -2.14. The van der Waals surface area contributed by atoms with Gasteiger partial charge in [-0.2, -0.15) is 0 Å². The highest BCUT2D eigenvalue weighted by Crippen LogP contribution is 2.39. The van der Waals surface area contributed by atoms with Crippen LogP contribution in [-0.2, 0) is 11.3 Å². The number of hydrogen-bond donors (Lipinski definition) is 0. The Morgan fingerprint density at radius 3 is 2.61 bits per heavy atom. The molecule has 9 heteroatoms. The molecule has 0 aliphatic carbocycles. The molecule has 2 aromatic rings. The predicted octanol–water partition coefficient (Wildman–Crippen LogP) is 6.33. The normalized spacial score (nSPS) is 15.0. The van der Waals surface area contributed by atoms with Crippen molar-refractivity contribution < 1.29 is 23.5 Å². The van der Waals surface area contributed by atoms with Crippen LogP contribution >= 0.6 is 35.0 Å². The lowest BCUT2D eigenvalue weighted by Crippen LogP contribution is -2.27. The largest absolute Gasteiger partial charge is 0.490 e. The van der Waals surface area contributed by atoms with Crippen molar-refractivity contribution in [3.63, 3.8) is 0 Å². The van der Waals surface area contributed by atoms with Crippen LogP contribution < -0.4 is 9.47 Å². The van der Waals surface area contributed by atoms with E-state index in [0.29, 0.717) is 34.3 Å². The molecular formula is C22H18Cl2FNO4S. The lowest BCUT2D eigenvalue weighted by molar-refractivity contribution is -0.123. The van der Waals surface area contributed by atoms with Gasteiger partial charge in [0.15, 0.2) is 11.5 Å². The first-order valence-corrected chi connectivity index (χ1v) is 10.8. The van der Waals surface area contributed by atoms with Crippen LogP contribution in [0.2, 0.25) is 10.0 Å². The Morgan fingerprint density at radius 2 is 1.94 bits per heavy atom. The molecule has 1 aliphatic heterocycles. The van der Waals surface area contributed by atoms with Gasteiger partial charge in [-0.3, -0.25) is 14.5 Å². The minimum Gasteiger partial charge on any atom is -0.490 e. The molecule has 5 nitrogen and oxygen atoms in total. The maximum atomic E-state index is 13.3. The zero-order valence-electron chi connectivity index (χ0n) is 16.5. The number of carbonyl (C=O) groups excluding carboxylic acids is 2. The second-order valence-corrected chi connectivity index (χ2v) is 8.17. The van der Waals surface area contributed by atoms with Crippen molar-refractivity contribution in [2.75, 3.05) is 13.2 Å². The van der Waals surface area contributed by atoms with Crippen LogP contribution in [0.3, 0.4) is 0 Å². The third-order valence-electron chi connectivity index (χ3n) is 4.19. The molecule has 0 spiro atoms. The minimum atomic E-state index is -0.495. The molecule has 0 aromatic heterocycles. The zero-order valence-corrected chi connectivity index (χ0v) is 18.8. The number of thioether (sulfide) groups is 1. The fraction of sp³-hybridized carbons (Fsp3) is 0.182. The minimum absolute atomic E-state index is 0.0552. The third-order valence-corrected chi connectivity index (χ3v) is 5.73. The summed E-state index contributed by atoms with van der Waals surface area (Å²) >= 11 is 13.2. The van der Waals surface area contributed by atoms with E-state index in [1.807, 2.05) is 6.92 Å². The fourth-order valence-corrected chi connectivity index (χ4v) is 4.16. The molecule has 1 aliphatic rings. The smallest absolute Gasteiger partial charge is 0.293 e. The number of hydrogen-bond acceptors (Lipinski definition) is 5. The van der Waals surface area contributed by atoms with E-state index >= 15 is 0 Å². The third kappa shape index (κ3) is 5.42. The Balaban J connectivity index is 1.87. The number of benzene rings is 2. The Labute approximate surface area is 193 Å². The van der Waals surface area contributed by atoms with Gasteiger partial charge >= 0.3 is 0 Å². The fourth-order valence-electron chi connectivity index (χ4n) is 2.82. The summed E-state index contributed by atoms with van der Waals surface area (Å²) in [6.45, 7) is 6.02. The molecule has 0 N–H and O–H groups in total. The summed E-state index contributed by atoms with van der Waals surface area (Å²) in [7, 11) is 0. The topological polar surface area (TPSA) is 55.8 Å². The summed E-state index contributed by atoms with van der Waals surface area (Å²) in [6.07, 6.45) is 3.15. The van der Waals surface area contributed by atoms with E-state index in [1.165, 1.54) is 12.1 Å².